The number of likely N-dealkylation sites (N-methyl/N-ethyl adjacent to an activating group) is 1. The Balaban J connectivity index is 1.73. The van der Waals surface area contributed by atoms with E-state index in [2.05, 4.69) is 0 Å². The molecule has 1 aromatic carbocycles. The molecule has 140 valence electrons. The number of carbonyl (C=O) groups excluding carboxylic acids is 1. The summed E-state index contributed by atoms with van der Waals surface area (Å²) in [5, 5.41) is 9.42. The van der Waals surface area contributed by atoms with Crippen LogP contribution in [0.15, 0.2) is 22.6 Å². The van der Waals surface area contributed by atoms with E-state index in [0.29, 0.717) is 42.8 Å². The molecule has 1 N–H and O–H groups in total. The third kappa shape index (κ3) is 3.86. The lowest BCUT2D eigenvalue weighted by Gasteiger charge is -2.34. The zero-order valence-electron chi connectivity index (χ0n) is 14.7. The maximum absolute atomic E-state index is 13.4. The van der Waals surface area contributed by atoms with Crippen LogP contribution in [0.2, 0.25) is 0 Å². The Labute approximate surface area is 149 Å². The van der Waals surface area contributed by atoms with Crippen LogP contribution in [-0.2, 0) is 9.53 Å². The van der Waals surface area contributed by atoms with E-state index in [-0.39, 0.29) is 30.1 Å². The summed E-state index contributed by atoms with van der Waals surface area (Å²) < 4.78 is 24.7. The number of carboxylic acid groups (broad SMARTS) is 1. The highest BCUT2D eigenvalue weighted by atomic mass is 19.1. The monoisotopic (exact) mass is 364 g/mol. The third-order valence-electron chi connectivity index (χ3n) is 4.44. The number of carbonyl (C=O) groups is 2. The van der Waals surface area contributed by atoms with Crippen LogP contribution < -0.4 is 0 Å². The molecule has 0 bridgehead atoms. The molecule has 2 aromatic rings. The summed E-state index contributed by atoms with van der Waals surface area (Å²) in [5.41, 5.74) is 1.08. The Morgan fingerprint density at radius 2 is 2.19 bits per heavy atom. The molecule has 26 heavy (non-hydrogen) atoms. The minimum Gasteiger partial charge on any atom is -0.480 e. The van der Waals surface area contributed by atoms with E-state index in [1.807, 2.05) is 0 Å². The second-order valence-electron chi connectivity index (χ2n) is 6.53. The van der Waals surface area contributed by atoms with Crippen molar-refractivity contribution in [1.29, 1.82) is 0 Å². The van der Waals surface area contributed by atoms with Gasteiger partial charge in [-0.05, 0) is 32.2 Å². The number of rotatable bonds is 5. The van der Waals surface area contributed by atoms with E-state index in [0.717, 1.165) is 0 Å². The number of halogens is 1. The zero-order valence-corrected chi connectivity index (χ0v) is 14.7. The molecule has 1 saturated heterocycles. The Kier molecular flexibility index (Phi) is 5.24. The van der Waals surface area contributed by atoms with Crippen LogP contribution in [0, 0.1) is 12.7 Å². The van der Waals surface area contributed by atoms with Gasteiger partial charge in [0.1, 0.15) is 11.4 Å². The van der Waals surface area contributed by atoms with Gasteiger partial charge in [-0.2, -0.15) is 0 Å². The molecule has 1 fully saturated rings. The van der Waals surface area contributed by atoms with Crippen LogP contribution in [0.4, 0.5) is 4.39 Å². The molecule has 1 unspecified atom stereocenters. The first-order chi connectivity index (χ1) is 12.3. The maximum atomic E-state index is 13.4. The molecule has 3 rings (SSSR count). The van der Waals surface area contributed by atoms with Gasteiger partial charge < -0.3 is 19.2 Å². The number of nitrogens with zero attached hydrogens (tertiary/aromatic N) is 2. The van der Waals surface area contributed by atoms with Crippen LogP contribution in [0.1, 0.15) is 16.1 Å². The predicted octanol–water partition coefficient (Wildman–Crippen LogP) is 1.74. The normalized spacial score (nSPS) is 17.8. The Bertz CT molecular complexity index is 834. The second kappa shape index (κ2) is 7.43. The largest absolute Gasteiger partial charge is 0.480 e. The van der Waals surface area contributed by atoms with Gasteiger partial charge in [0.05, 0.1) is 19.3 Å². The lowest BCUT2D eigenvalue weighted by atomic mass is 10.1. The minimum atomic E-state index is -0.915. The highest BCUT2D eigenvalue weighted by Gasteiger charge is 2.29. The van der Waals surface area contributed by atoms with Crippen LogP contribution in [-0.4, -0.2) is 72.7 Å². The minimum absolute atomic E-state index is 0.0952. The molecular formula is C18H21FN2O5. The van der Waals surface area contributed by atoms with Crippen molar-refractivity contribution in [2.45, 2.75) is 13.0 Å². The van der Waals surface area contributed by atoms with Crippen LogP contribution >= 0.6 is 0 Å². The van der Waals surface area contributed by atoms with Crippen molar-refractivity contribution < 1.29 is 28.2 Å². The number of fused-ring (bicyclic) bond motifs is 1. The number of carboxylic acids is 1. The Morgan fingerprint density at radius 1 is 1.42 bits per heavy atom. The van der Waals surface area contributed by atoms with Gasteiger partial charge in [0.25, 0.3) is 5.91 Å². The highest BCUT2D eigenvalue weighted by molar-refractivity contribution is 5.99. The molecule has 1 amide bonds. The fourth-order valence-corrected chi connectivity index (χ4v) is 3.20. The quantitative estimate of drug-likeness (QED) is 0.870. The highest BCUT2D eigenvalue weighted by Crippen LogP contribution is 2.27. The van der Waals surface area contributed by atoms with Crippen LogP contribution in [0.5, 0.6) is 0 Å². The number of furan rings is 1. The molecular weight excluding hydrogens is 343 g/mol. The average molecular weight is 364 g/mol. The number of hydrogen-bond acceptors (Lipinski definition) is 5. The zero-order chi connectivity index (χ0) is 18.8. The summed E-state index contributed by atoms with van der Waals surface area (Å²) in [5.74, 6) is -1.37. The second-order valence-corrected chi connectivity index (χ2v) is 6.53. The smallest absolute Gasteiger partial charge is 0.317 e. The number of ether oxygens (including phenoxy) is 1. The first-order valence-electron chi connectivity index (χ1n) is 8.35. The van der Waals surface area contributed by atoms with Gasteiger partial charge in [-0.1, -0.05) is 0 Å². The summed E-state index contributed by atoms with van der Waals surface area (Å²) >= 11 is 0. The van der Waals surface area contributed by atoms with Gasteiger partial charge in [0.15, 0.2) is 5.76 Å². The Hall–Kier alpha value is -2.45. The van der Waals surface area contributed by atoms with Crippen molar-refractivity contribution in [2.24, 2.45) is 0 Å². The van der Waals surface area contributed by atoms with E-state index in [1.165, 1.54) is 18.2 Å². The van der Waals surface area contributed by atoms with Gasteiger partial charge in [0, 0.05) is 30.6 Å². The fraction of sp³-hybridized carbons (Fsp3) is 0.444. The maximum Gasteiger partial charge on any atom is 0.317 e. The molecule has 0 saturated carbocycles. The molecule has 0 radical (unpaired) electrons. The molecule has 8 heteroatoms. The molecule has 1 aromatic heterocycles. The number of aryl methyl sites for hydroxylation is 1. The van der Waals surface area contributed by atoms with Crippen molar-refractivity contribution in [3.63, 3.8) is 0 Å². The van der Waals surface area contributed by atoms with Crippen molar-refractivity contribution in [2.75, 3.05) is 39.8 Å². The number of morpholine rings is 1. The summed E-state index contributed by atoms with van der Waals surface area (Å²) in [6.07, 6.45) is -0.279. The molecule has 0 aliphatic carbocycles. The number of benzene rings is 1. The van der Waals surface area contributed by atoms with Crippen molar-refractivity contribution in [1.82, 2.24) is 9.80 Å². The molecule has 0 spiro atoms. The van der Waals surface area contributed by atoms with E-state index < -0.39 is 5.97 Å². The summed E-state index contributed by atoms with van der Waals surface area (Å²) in [7, 11) is 1.69. The lowest BCUT2D eigenvalue weighted by Crippen LogP contribution is -2.49. The molecule has 2 heterocycles. The fourth-order valence-electron chi connectivity index (χ4n) is 3.20. The lowest BCUT2D eigenvalue weighted by molar-refractivity contribution is -0.138. The van der Waals surface area contributed by atoms with Gasteiger partial charge >= 0.3 is 5.97 Å². The molecule has 1 aliphatic rings. The van der Waals surface area contributed by atoms with Crippen LogP contribution in [0.25, 0.3) is 11.0 Å². The average Bonchev–Trinajstić information content (AvgIpc) is 2.90. The van der Waals surface area contributed by atoms with E-state index in [9.17, 15) is 14.0 Å². The molecule has 1 atom stereocenters. The summed E-state index contributed by atoms with van der Waals surface area (Å²) in [6, 6.07) is 4.16. The van der Waals surface area contributed by atoms with E-state index in [1.54, 1.807) is 23.8 Å². The molecule has 1 aliphatic heterocycles. The first-order valence-corrected chi connectivity index (χ1v) is 8.35. The van der Waals surface area contributed by atoms with Crippen LogP contribution in [0.3, 0.4) is 0 Å². The number of amides is 1. The van der Waals surface area contributed by atoms with E-state index >= 15 is 0 Å². The van der Waals surface area contributed by atoms with Crippen molar-refractivity contribution in [3.8, 4) is 0 Å². The first kappa shape index (κ1) is 18.3. The number of hydrogen-bond donors (Lipinski definition) is 1. The third-order valence-corrected chi connectivity index (χ3v) is 4.44. The van der Waals surface area contributed by atoms with Gasteiger partial charge in [-0.3, -0.25) is 14.5 Å². The SMILES string of the molecule is Cc1c(C(=O)N2CCOC(CN(C)CC(=O)O)C2)oc2ccc(F)cc12. The van der Waals surface area contributed by atoms with Gasteiger partial charge in [-0.25, -0.2) is 4.39 Å². The topological polar surface area (TPSA) is 83.2 Å². The summed E-state index contributed by atoms with van der Waals surface area (Å²) in [4.78, 5) is 26.9. The number of aliphatic carboxylic acids is 1. The van der Waals surface area contributed by atoms with Gasteiger partial charge in [-0.15, -0.1) is 0 Å². The Morgan fingerprint density at radius 3 is 2.92 bits per heavy atom. The van der Waals surface area contributed by atoms with Crippen molar-refractivity contribution >= 4 is 22.8 Å². The van der Waals surface area contributed by atoms with E-state index in [4.69, 9.17) is 14.3 Å². The van der Waals surface area contributed by atoms with Crippen molar-refractivity contribution in [3.05, 3.63) is 35.3 Å². The summed E-state index contributed by atoms with van der Waals surface area (Å²) in [6.45, 7) is 3.17. The predicted molar refractivity (Wildman–Crippen MR) is 91.7 cm³/mol. The standard InChI is InChI=1S/C18H21FN2O5/c1-11-14-7-12(19)3-4-15(14)26-17(11)18(24)21-5-6-25-13(9-21)8-20(2)10-16(22)23/h3-4,7,13H,5-6,8-10H2,1-2H3,(H,22,23). The molecule has 7 nitrogen and oxygen atoms in total. The van der Waals surface area contributed by atoms with Gasteiger partial charge in [0.2, 0.25) is 0 Å².